The van der Waals surface area contributed by atoms with E-state index in [2.05, 4.69) is 15.0 Å². The quantitative estimate of drug-likeness (QED) is 0.554. The summed E-state index contributed by atoms with van der Waals surface area (Å²) in [4.78, 5) is 11.6. The molecule has 3 heterocycles. The Morgan fingerprint density at radius 2 is 2.20 bits per heavy atom. The minimum absolute atomic E-state index is 0. The fourth-order valence-corrected chi connectivity index (χ4v) is 4.25. The standard InChI is InChI=1S/C20H22FN3O4S.Na.H/c1-12-17(11-29(25)19-23-15-5-4-13(21)8-16(15)24-19)22-7-6-18(12)26-9-14-10-27-20(2,3)28-14;;/h4-8,14H,9-11H2,1-3H3,(H,23,24);;/q;+1;-1. The van der Waals surface area contributed by atoms with Gasteiger partial charge in [-0.2, -0.15) is 0 Å². The number of fused-ring (bicyclic) bond motifs is 1. The summed E-state index contributed by atoms with van der Waals surface area (Å²) >= 11 is 0. The van der Waals surface area contributed by atoms with Crippen LogP contribution in [0.4, 0.5) is 4.39 Å². The van der Waals surface area contributed by atoms with E-state index in [1.54, 1.807) is 18.3 Å². The largest absolute Gasteiger partial charge is 1.00 e. The van der Waals surface area contributed by atoms with Crippen molar-refractivity contribution in [3.8, 4) is 5.75 Å². The zero-order chi connectivity index (χ0) is 20.6. The van der Waals surface area contributed by atoms with Gasteiger partial charge in [-0.1, -0.05) is 0 Å². The molecule has 1 aromatic carbocycles. The van der Waals surface area contributed by atoms with E-state index in [-0.39, 0.29) is 53.8 Å². The average Bonchev–Trinajstić information content (AvgIpc) is 3.24. The van der Waals surface area contributed by atoms with Gasteiger partial charge in [0.25, 0.3) is 0 Å². The Bertz CT molecular complexity index is 1080. The second kappa shape index (κ2) is 9.42. The molecule has 1 saturated heterocycles. The van der Waals surface area contributed by atoms with Crippen molar-refractivity contribution in [3.63, 3.8) is 0 Å². The van der Waals surface area contributed by atoms with Crippen molar-refractivity contribution < 1.29 is 53.8 Å². The smallest absolute Gasteiger partial charge is 1.00 e. The summed E-state index contributed by atoms with van der Waals surface area (Å²) < 4.78 is 43.3. The van der Waals surface area contributed by atoms with Gasteiger partial charge in [0.05, 0.1) is 39.9 Å². The molecule has 30 heavy (non-hydrogen) atoms. The van der Waals surface area contributed by atoms with Crippen LogP contribution in [0.5, 0.6) is 5.75 Å². The zero-order valence-corrected chi connectivity index (χ0v) is 20.2. The molecule has 10 heteroatoms. The minimum atomic E-state index is -1.46. The summed E-state index contributed by atoms with van der Waals surface area (Å²) in [6, 6.07) is 5.97. The molecule has 0 spiro atoms. The third-order valence-corrected chi connectivity index (χ3v) is 5.82. The van der Waals surface area contributed by atoms with Gasteiger partial charge in [-0.15, -0.1) is 0 Å². The molecule has 0 radical (unpaired) electrons. The number of hydrogen-bond donors (Lipinski definition) is 1. The minimum Gasteiger partial charge on any atom is -1.00 e. The molecule has 1 aliphatic heterocycles. The monoisotopic (exact) mass is 443 g/mol. The summed E-state index contributed by atoms with van der Waals surface area (Å²) in [6.45, 7) is 6.43. The molecule has 1 fully saturated rings. The Balaban J connectivity index is 0.00000171. The number of H-pyrrole nitrogens is 1. The zero-order valence-electron chi connectivity index (χ0n) is 18.4. The van der Waals surface area contributed by atoms with Crippen molar-refractivity contribution in [1.82, 2.24) is 15.0 Å². The summed E-state index contributed by atoms with van der Waals surface area (Å²) in [5.41, 5.74) is 2.53. The van der Waals surface area contributed by atoms with Crippen LogP contribution in [0.2, 0.25) is 0 Å². The molecule has 3 aromatic rings. The van der Waals surface area contributed by atoms with E-state index in [0.717, 1.165) is 5.56 Å². The van der Waals surface area contributed by atoms with Crippen LogP contribution < -0.4 is 34.3 Å². The molecule has 4 rings (SSSR count). The molecule has 2 aromatic heterocycles. The summed E-state index contributed by atoms with van der Waals surface area (Å²) in [5, 5.41) is 0.289. The average molecular weight is 443 g/mol. The van der Waals surface area contributed by atoms with Gasteiger partial charge in [0.2, 0.25) is 0 Å². The molecule has 0 bridgehead atoms. The number of hydrogen-bond acceptors (Lipinski definition) is 6. The van der Waals surface area contributed by atoms with Gasteiger partial charge in [-0.05, 0) is 45.0 Å². The van der Waals surface area contributed by atoms with Crippen molar-refractivity contribution >= 4 is 21.8 Å². The fraction of sp³-hybridized carbons (Fsp3) is 0.400. The first-order chi connectivity index (χ1) is 13.8. The van der Waals surface area contributed by atoms with Gasteiger partial charge in [0.1, 0.15) is 24.3 Å². The van der Waals surface area contributed by atoms with Crippen molar-refractivity contribution in [2.75, 3.05) is 13.2 Å². The normalized spacial score (nSPS) is 18.9. The number of nitrogens with one attached hydrogen (secondary N) is 1. The number of aromatic nitrogens is 3. The maximum atomic E-state index is 13.4. The Labute approximate surface area is 200 Å². The van der Waals surface area contributed by atoms with Gasteiger partial charge >= 0.3 is 29.6 Å². The molecule has 0 aliphatic carbocycles. The molecule has 2 unspecified atom stereocenters. The van der Waals surface area contributed by atoms with Crippen molar-refractivity contribution in [3.05, 3.63) is 47.5 Å². The number of halogens is 1. The third kappa shape index (κ3) is 5.27. The second-order valence-electron chi connectivity index (χ2n) is 7.34. The van der Waals surface area contributed by atoms with E-state index in [9.17, 15) is 8.60 Å². The van der Waals surface area contributed by atoms with Crippen LogP contribution in [0.25, 0.3) is 11.0 Å². The van der Waals surface area contributed by atoms with Crippen molar-refractivity contribution in [2.24, 2.45) is 0 Å². The Kier molecular flexibility index (Phi) is 7.32. The number of pyridine rings is 1. The Hall–Kier alpha value is -1.36. The Morgan fingerprint density at radius 3 is 2.93 bits per heavy atom. The first-order valence-electron chi connectivity index (χ1n) is 9.23. The van der Waals surface area contributed by atoms with Crippen LogP contribution in [-0.2, 0) is 26.0 Å². The van der Waals surface area contributed by atoms with E-state index in [0.29, 0.717) is 35.7 Å². The number of nitrogens with zero attached hydrogens (tertiary/aromatic N) is 2. The summed E-state index contributed by atoms with van der Waals surface area (Å²) in [6.07, 6.45) is 1.48. The SMILES string of the molecule is Cc1c(OCC2COC(C)(C)O2)ccnc1CS(=O)c1nc2ccc(F)cc2[nH]1.[H-].[Na+]. The molecular weight excluding hydrogens is 420 g/mol. The fourth-order valence-electron chi connectivity index (χ4n) is 3.15. The van der Waals surface area contributed by atoms with Crippen LogP contribution >= 0.6 is 0 Å². The molecule has 0 saturated carbocycles. The number of aromatic amines is 1. The van der Waals surface area contributed by atoms with Gasteiger partial charge in [-0.25, -0.2) is 9.37 Å². The molecular formula is C20H23FN3NaO4S. The van der Waals surface area contributed by atoms with Crippen LogP contribution in [0.3, 0.4) is 0 Å². The van der Waals surface area contributed by atoms with E-state index >= 15 is 0 Å². The van der Waals surface area contributed by atoms with E-state index in [1.165, 1.54) is 12.1 Å². The van der Waals surface area contributed by atoms with Gasteiger partial charge in [0.15, 0.2) is 10.9 Å². The van der Waals surface area contributed by atoms with Crippen LogP contribution in [0.15, 0.2) is 35.6 Å². The molecule has 1 aliphatic rings. The second-order valence-corrected chi connectivity index (χ2v) is 8.70. The number of ether oxygens (including phenoxy) is 3. The van der Waals surface area contributed by atoms with Crippen LogP contribution in [0, 0.1) is 12.7 Å². The van der Waals surface area contributed by atoms with Crippen molar-refractivity contribution in [2.45, 2.75) is 43.6 Å². The van der Waals surface area contributed by atoms with Gasteiger partial charge < -0.3 is 20.6 Å². The summed E-state index contributed by atoms with van der Waals surface area (Å²) in [5.74, 6) is -0.145. The summed E-state index contributed by atoms with van der Waals surface area (Å²) in [7, 11) is -1.46. The van der Waals surface area contributed by atoms with Crippen molar-refractivity contribution in [1.29, 1.82) is 0 Å². The molecule has 156 valence electrons. The molecule has 0 amide bonds. The van der Waals surface area contributed by atoms with Crippen LogP contribution in [-0.4, -0.2) is 44.3 Å². The Morgan fingerprint density at radius 1 is 1.40 bits per heavy atom. The first kappa shape index (κ1) is 23.3. The maximum Gasteiger partial charge on any atom is 1.00 e. The number of imidazole rings is 1. The number of rotatable bonds is 6. The predicted octanol–water partition coefficient (Wildman–Crippen LogP) is 0.360. The third-order valence-electron chi connectivity index (χ3n) is 4.66. The van der Waals surface area contributed by atoms with E-state index in [1.807, 2.05) is 20.8 Å². The first-order valence-corrected chi connectivity index (χ1v) is 10.6. The maximum absolute atomic E-state index is 13.4. The van der Waals surface area contributed by atoms with Crippen LogP contribution in [0.1, 0.15) is 26.5 Å². The van der Waals surface area contributed by atoms with Gasteiger partial charge in [0, 0.05) is 11.8 Å². The molecule has 1 N–H and O–H groups in total. The molecule has 2 atom stereocenters. The predicted molar refractivity (Wildman–Crippen MR) is 107 cm³/mol. The van der Waals surface area contributed by atoms with E-state index in [4.69, 9.17) is 14.2 Å². The molecule has 7 nitrogen and oxygen atoms in total. The van der Waals surface area contributed by atoms with Gasteiger partial charge in [-0.3, -0.25) is 9.19 Å². The topological polar surface area (TPSA) is 86.3 Å². The number of benzene rings is 1. The van der Waals surface area contributed by atoms with E-state index < -0.39 is 16.6 Å².